The topological polar surface area (TPSA) is 71.2 Å². The van der Waals surface area contributed by atoms with Gasteiger partial charge >= 0.3 is 5.97 Å². The molecule has 1 aromatic heterocycles. The van der Waals surface area contributed by atoms with Crippen LogP contribution in [0.2, 0.25) is 0 Å². The van der Waals surface area contributed by atoms with Crippen LogP contribution in [0.3, 0.4) is 0 Å². The first-order valence-corrected chi connectivity index (χ1v) is 7.56. The Balaban J connectivity index is 1.75. The number of hydrogen-bond acceptors (Lipinski definition) is 4. The van der Waals surface area contributed by atoms with E-state index in [9.17, 15) is 9.90 Å². The lowest BCUT2D eigenvalue weighted by Crippen LogP contribution is -2.33. The Kier molecular flexibility index (Phi) is 3.74. The molecule has 1 aromatic rings. The lowest BCUT2D eigenvalue weighted by molar-refractivity contribution is -0.142. The van der Waals surface area contributed by atoms with Gasteiger partial charge in [-0.15, -0.1) is 10.2 Å². The van der Waals surface area contributed by atoms with E-state index in [4.69, 9.17) is 0 Å². The molecule has 3 heterocycles. The molecule has 0 radical (unpaired) electrons. The normalized spacial score (nSPS) is 26.6. The zero-order valence-corrected chi connectivity index (χ0v) is 12.0. The molecule has 6 heteroatoms. The molecule has 0 spiro atoms. The summed E-state index contributed by atoms with van der Waals surface area (Å²) in [7, 11) is 0. The number of carbonyl (C=O) groups is 1. The quantitative estimate of drug-likeness (QED) is 0.888. The summed E-state index contributed by atoms with van der Waals surface area (Å²) in [6.07, 6.45) is 4.76. The first-order chi connectivity index (χ1) is 9.69. The highest BCUT2D eigenvalue weighted by atomic mass is 16.4. The van der Waals surface area contributed by atoms with E-state index in [1.165, 1.54) is 19.4 Å². The number of likely N-dealkylation sites (tertiary alicyclic amines) is 1. The van der Waals surface area contributed by atoms with Gasteiger partial charge in [0.25, 0.3) is 0 Å². The third-order valence-corrected chi connectivity index (χ3v) is 4.70. The second-order valence-electron chi connectivity index (χ2n) is 5.85. The van der Waals surface area contributed by atoms with Crippen molar-refractivity contribution in [3.05, 3.63) is 11.6 Å². The maximum Gasteiger partial charge on any atom is 0.308 e. The van der Waals surface area contributed by atoms with Gasteiger partial charge in [0.05, 0.1) is 5.92 Å². The van der Waals surface area contributed by atoms with Crippen LogP contribution in [0.5, 0.6) is 0 Å². The van der Waals surface area contributed by atoms with E-state index in [2.05, 4.69) is 26.6 Å². The number of nitrogens with zero attached hydrogens (tertiary/aromatic N) is 4. The minimum Gasteiger partial charge on any atom is -0.481 e. The van der Waals surface area contributed by atoms with Gasteiger partial charge in [-0.1, -0.05) is 6.92 Å². The summed E-state index contributed by atoms with van der Waals surface area (Å²) in [4.78, 5) is 13.7. The van der Waals surface area contributed by atoms with E-state index < -0.39 is 5.97 Å². The summed E-state index contributed by atoms with van der Waals surface area (Å²) in [6, 6.07) is 0.540. The molecule has 110 valence electrons. The average Bonchev–Trinajstić information content (AvgIpc) is 3.05. The standard InChI is InChI=1S/C14H22N4O2/c1-2-17-7-3-4-11(17)8-13-16-15-12-6-5-10(14(19)20)9-18(12)13/h10-11H,2-9H2,1H3,(H,19,20). The molecule has 2 atom stereocenters. The van der Waals surface area contributed by atoms with Crippen LogP contribution in [0.15, 0.2) is 0 Å². The Hall–Kier alpha value is -1.43. The summed E-state index contributed by atoms with van der Waals surface area (Å²) in [5.41, 5.74) is 0. The highest BCUT2D eigenvalue weighted by Crippen LogP contribution is 2.24. The number of likely N-dealkylation sites (N-methyl/N-ethyl adjacent to an activating group) is 1. The molecule has 6 nitrogen and oxygen atoms in total. The first-order valence-electron chi connectivity index (χ1n) is 7.56. The molecule has 2 unspecified atom stereocenters. The third-order valence-electron chi connectivity index (χ3n) is 4.70. The Morgan fingerprint density at radius 3 is 3.00 bits per heavy atom. The molecule has 1 fully saturated rings. The molecule has 0 aromatic carbocycles. The van der Waals surface area contributed by atoms with Crippen LogP contribution in [0.1, 0.15) is 37.8 Å². The summed E-state index contributed by atoms with van der Waals surface area (Å²) in [5.74, 6) is 0.935. The van der Waals surface area contributed by atoms with Gasteiger partial charge in [-0.2, -0.15) is 0 Å². The van der Waals surface area contributed by atoms with E-state index in [0.29, 0.717) is 19.0 Å². The lowest BCUT2D eigenvalue weighted by Gasteiger charge is -2.24. The minimum atomic E-state index is -0.702. The van der Waals surface area contributed by atoms with Crippen molar-refractivity contribution in [2.24, 2.45) is 5.92 Å². The largest absolute Gasteiger partial charge is 0.481 e. The number of aryl methyl sites for hydroxylation is 1. The van der Waals surface area contributed by atoms with Crippen LogP contribution in [0.25, 0.3) is 0 Å². The summed E-state index contributed by atoms with van der Waals surface area (Å²) in [5, 5.41) is 17.8. The minimum absolute atomic E-state index is 0.289. The van der Waals surface area contributed by atoms with Crippen LogP contribution >= 0.6 is 0 Å². The fraction of sp³-hybridized carbons (Fsp3) is 0.786. The van der Waals surface area contributed by atoms with Crippen molar-refractivity contribution < 1.29 is 9.90 Å². The molecule has 20 heavy (non-hydrogen) atoms. The maximum atomic E-state index is 11.2. The highest BCUT2D eigenvalue weighted by molar-refractivity contribution is 5.70. The van der Waals surface area contributed by atoms with Crippen LogP contribution in [0.4, 0.5) is 0 Å². The van der Waals surface area contributed by atoms with Crippen molar-refractivity contribution in [3.63, 3.8) is 0 Å². The molecular formula is C14H22N4O2. The predicted octanol–water partition coefficient (Wildman–Crippen LogP) is 0.952. The van der Waals surface area contributed by atoms with E-state index in [1.807, 2.05) is 0 Å². The molecule has 2 aliphatic rings. The number of aliphatic carboxylic acids is 1. The average molecular weight is 278 g/mol. The monoisotopic (exact) mass is 278 g/mol. The molecular weight excluding hydrogens is 256 g/mol. The van der Waals surface area contributed by atoms with Gasteiger partial charge in [-0.05, 0) is 32.4 Å². The second-order valence-corrected chi connectivity index (χ2v) is 5.85. The van der Waals surface area contributed by atoms with Crippen LogP contribution in [-0.2, 0) is 24.2 Å². The van der Waals surface area contributed by atoms with E-state index in [-0.39, 0.29) is 5.92 Å². The summed E-state index contributed by atoms with van der Waals surface area (Å²) >= 11 is 0. The Labute approximate surface area is 118 Å². The molecule has 2 aliphatic heterocycles. The molecule has 1 saturated heterocycles. The number of aromatic nitrogens is 3. The lowest BCUT2D eigenvalue weighted by atomic mass is 9.99. The highest BCUT2D eigenvalue weighted by Gasteiger charge is 2.30. The maximum absolute atomic E-state index is 11.2. The molecule has 0 amide bonds. The van der Waals surface area contributed by atoms with E-state index in [1.54, 1.807) is 0 Å². The van der Waals surface area contributed by atoms with Crippen molar-refractivity contribution in [1.82, 2.24) is 19.7 Å². The van der Waals surface area contributed by atoms with Gasteiger partial charge in [-0.3, -0.25) is 4.79 Å². The van der Waals surface area contributed by atoms with E-state index >= 15 is 0 Å². The van der Waals surface area contributed by atoms with Gasteiger partial charge in [0.1, 0.15) is 11.6 Å². The fourth-order valence-electron chi connectivity index (χ4n) is 3.49. The molecule has 0 bridgehead atoms. The molecule has 1 N–H and O–H groups in total. The van der Waals surface area contributed by atoms with Gasteiger partial charge in [0.2, 0.25) is 0 Å². The summed E-state index contributed by atoms with van der Waals surface area (Å²) < 4.78 is 2.05. The van der Waals surface area contributed by atoms with Crippen molar-refractivity contribution in [2.45, 2.75) is 51.6 Å². The molecule has 0 saturated carbocycles. The predicted molar refractivity (Wildman–Crippen MR) is 73.4 cm³/mol. The van der Waals surface area contributed by atoms with Crippen molar-refractivity contribution in [3.8, 4) is 0 Å². The Bertz CT molecular complexity index is 499. The summed E-state index contributed by atoms with van der Waals surface area (Å²) in [6.45, 7) is 4.97. The number of carboxylic acids is 1. The van der Waals surface area contributed by atoms with Crippen molar-refractivity contribution in [2.75, 3.05) is 13.1 Å². The zero-order chi connectivity index (χ0) is 14.1. The van der Waals surface area contributed by atoms with Crippen LogP contribution < -0.4 is 0 Å². The first kappa shape index (κ1) is 13.5. The van der Waals surface area contributed by atoms with Gasteiger partial charge < -0.3 is 14.6 Å². The van der Waals surface area contributed by atoms with Crippen molar-refractivity contribution >= 4 is 5.97 Å². The number of carboxylic acid groups (broad SMARTS) is 1. The SMILES string of the molecule is CCN1CCCC1Cc1nnc2n1CC(C(=O)O)CC2. The van der Waals surface area contributed by atoms with Crippen LogP contribution in [0, 0.1) is 5.92 Å². The van der Waals surface area contributed by atoms with Gasteiger partial charge in [-0.25, -0.2) is 0 Å². The molecule has 3 rings (SSSR count). The number of fused-ring (bicyclic) bond motifs is 1. The smallest absolute Gasteiger partial charge is 0.308 e. The zero-order valence-electron chi connectivity index (χ0n) is 12.0. The third kappa shape index (κ3) is 2.44. The second kappa shape index (κ2) is 5.52. The van der Waals surface area contributed by atoms with Crippen LogP contribution in [-0.4, -0.2) is 49.9 Å². The Morgan fingerprint density at radius 1 is 1.40 bits per heavy atom. The molecule has 0 aliphatic carbocycles. The number of hydrogen-bond donors (Lipinski definition) is 1. The van der Waals surface area contributed by atoms with Gasteiger partial charge in [0, 0.05) is 25.4 Å². The number of rotatable bonds is 4. The Morgan fingerprint density at radius 2 is 2.25 bits per heavy atom. The van der Waals surface area contributed by atoms with Crippen molar-refractivity contribution in [1.29, 1.82) is 0 Å². The van der Waals surface area contributed by atoms with Gasteiger partial charge in [0.15, 0.2) is 0 Å². The fourth-order valence-corrected chi connectivity index (χ4v) is 3.49. The van der Waals surface area contributed by atoms with E-state index in [0.717, 1.165) is 31.0 Å².